The summed E-state index contributed by atoms with van der Waals surface area (Å²) < 4.78 is 0. The van der Waals surface area contributed by atoms with Gasteiger partial charge in [-0.3, -0.25) is 14.5 Å². The normalized spacial score (nSPS) is 18.5. The second-order valence-corrected chi connectivity index (χ2v) is 7.85. The number of likely N-dealkylation sites (tertiary alicyclic amines) is 1. The summed E-state index contributed by atoms with van der Waals surface area (Å²) in [6.07, 6.45) is 1.49. The molecule has 4 rings (SSSR count). The third-order valence-corrected chi connectivity index (χ3v) is 5.79. The molecule has 0 atom stereocenters. The van der Waals surface area contributed by atoms with Gasteiger partial charge in [0.15, 0.2) is 5.78 Å². The Morgan fingerprint density at radius 3 is 2.28 bits per heavy atom. The van der Waals surface area contributed by atoms with Crippen LogP contribution in [0.15, 0.2) is 54.6 Å². The molecule has 2 saturated heterocycles. The molecule has 3 amide bonds. The number of ketones is 1. The van der Waals surface area contributed by atoms with Crippen molar-refractivity contribution in [1.29, 1.82) is 0 Å². The number of piperidine rings is 1. The first-order valence-electron chi connectivity index (χ1n) is 9.72. The molecular formula is C22H22ClN3O3. The second-order valence-electron chi connectivity index (χ2n) is 7.41. The van der Waals surface area contributed by atoms with Gasteiger partial charge in [-0.2, -0.15) is 0 Å². The van der Waals surface area contributed by atoms with E-state index in [2.05, 4.69) is 4.90 Å². The Labute approximate surface area is 174 Å². The summed E-state index contributed by atoms with van der Waals surface area (Å²) in [5.74, 6) is -0.135. The average Bonchev–Trinajstić information content (AvgIpc) is 3.03. The molecule has 2 aromatic carbocycles. The average molecular weight is 412 g/mol. The fraction of sp³-hybridized carbons (Fsp3) is 0.318. The van der Waals surface area contributed by atoms with Crippen molar-refractivity contribution in [3.05, 3.63) is 65.2 Å². The van der Waals surface area contributed by atoms with E-state index >= 15 is 0 Å². The van der Waals surface area contributed by atoms with Gasteiger partial charge >= 0.3 is 6.03 Å². The van der Waals surface area contributed by atoms with Crippen molar-refractivity contribution in [2.24, 2.45) is 0 Å². The molecule has 2 aliphatic heterocycles. The number of hydrogen-bond acceptors (Lipinski definition) is 4. The molecule has 0 radical (unpaired) electrons. The number of benzene rings is 2. The fourth-order valence-electron chi connectivity index (χ4n) is 3.96. The number of nitrogens with zero attached hydrogens (tertiary/aromatic N) is 3. The largest absolute Gasteiger partial charge is 0.332 e. The van der Waals surface area contributed by atoms with Crippen LogP contribution in [-0.2, 0) is 4.79 Å². The van der Waals surface area contributed by atoms with Gasteiger partial charge in [0.05, 0.1) is 12.2 Å². The molecule has 6 nitrogen and oxygen atoms in total. The molecule has 0 bridgehead atoms. The minimum Gasteiger partial charge on any atom is -0.312 e. The van der Waals surface area contributed by atoms with Crippen LogP contribution in [0.4, 0.5) is 10.5 Å². The molecular weight excluding hydrogens is 390 g/mol. The first-order valence-corrected chi connectivity index (χ1v) is 10.1. The number of amides is 3. The Hall–Kier alpha value is -2.70. The highest BCUT2D eigenvalue weighted by Crippen LogP contribution is 2.26. The maximum Gasteiger partial charge on any atom is 0.332 e. The Balaban J connectivity index is 1.34. The van der Waals surface area contributed by atoms with Gasteiger partial charge in [-0.25, -0.2) is 9.69 Å². The standard InChI is InChI=1S/C22H22ClN3O3/c23-17-8-6-16(7-9-17)20(27)14-24-12-10-18(11-13-24)25-15-21(28)26(22(25)29)19-4-2-1-3-5-19/h1-9,18H,10-15H2. The van der Waals surface area contributed by atoms with Gasteiger partial charge in [0, 0.05) is 29.7 Å². The van der Waals surface area contributed by atoms with Crippen LogP contribution in [0.5, 0.6) is 0 Å². The van der Waals surface area contributed by atoms with Crippen molar-refractivity contribution in [2.45, 2.75) is 18.9 Å². The van der Waals surface area contributed by atoms with Gasteiger partial charge in [0.2, 0.25) is 0 Å². The van der Waals surface area contributed by atoms with Gasteiger partial charge in [-0.15, -0.1) is 0 Å². The zero-order valence-corrected chi connectivity index (χ0v) is 16.7. The molecule has 2 fully saturated rings. The highest BCUT2D eigenvalue weighted by atomic mass is 35.5. The third-order valence-electron chi connectivity index (χ3n) is 5.54. The second kappa shape index (κ2) is 8.35. The number of imide groups is 1. The molecule has 7 heteroatoms. The number of anilines is 1. The van der Waals surface area contributed by atoms with Gasteiger partial charge in [0.25, 0.3) is 5.91 Å². The lowest BCUT2D eigenvalue weighted by Crippen LogP contribution is -2.47. The molecule has 0 unspecified atom stereocenters. The van der Waals surface area contributed by atoms with Crippen molar-refractivity contribution in [3.63, 3.8) is 0 Å². The summed E-state index contributed by atoms with van der Waals surface area (Å²) >= 11 is 5.88. The third kappa shape index (κ3) is 4.18. The predicted molar refractivity (Wildman–Crippen MR) is 111 cm³/mol. The van der Waals surface area contributed by atoms with Gasteiger partial charge < -0.3 is 4.90 Å². The van der Waals surface area contributed by atoms with Crippen LogP contribution in [0.1, 0.15) is 23.2 Å². The Morgan fingerprint density at radius 1 is 0.966 bits per heavy atom. The fourth-order valence-corrected chi connectivity index (χ4v) is 4.08. The highest BCUT2D eigenvalue weighted by Gasteiger charge is 2.41. The summed E-state index contributed by atoms with van der Waals surface area (Å²) in [4.78, 5) is 42.8. The van der Waals surface area contributed by atoms with Gasteiger partial charge in [-0.1, -0.05) is 29.8 Å². The molecule has 0 saturated carbocycles. The van der Waals surface area contributed by atoms with E-state index in [1.807, 2.05) is 18.2 Å². The SMILES string of the molecule is O=C(CN1CCC(N2CC(=O)N(c3ccccc3)C2=O)CC1)c1ccc(Cl)cc1. The lowest BCUT2D eigenvalue weighted by molar-refractivity contribution is -0.116. The number of urea groups is 1. The first-order chi connectivity index (χ1) is 14.0. The molecule has 150 valence electrons. The van der Waals surface area contributed by atoms with Crippen molar-refractivity contribution in [1.82, 2.24) is 9.80 Å². The van der Waals surface area contributed by atoms with Crippen LogP contribution >= 0.6 is 11.6 Å². The topological polar surface area (TPSA) is 60.9 Å². The number of carbonyl (C=O) groups is 3. The number of para-hydroxylation sites is 1. The molecule has 2 aliphatic rings. The molecule has 2 aromatic rings. The number of carbonyl (C=O) groups excluding carboxylic acids is 3. The Kier molecular flexibility index (Phi) is 5.65. The molecule has 29 heavy (non-hydrogen) atoms. The Bertz CT molecular complexity index is 909. The van der Waals surface area contributed by atoms with Crippen LogP contribution < -0.4 is 4.90 Å². The quantitative estimate of drug-likeness (QED) is 0.558. The first kappa shape index (κ1) is 19.6. The van der Waals surface area contributed by atoms with Gasteiger partial charge in [0.1, 0.15) is 6.54 Å². The molecule has 0 spiro atoms. The summed E-state index contributed by atoms with van der Waals surface area (Å²) in [5.41, 5.74) is 1.26. The zero-order valence-electron chi connectivity index (χ0n) is 16.0. The summed E-state index contributed by atoms with van der Waals surface area (Å²) in [6, 6.07) is 15.7. The van der Waals surface area contributed by atoms with Crippen LogP contribution in [0.25, 0.3) is 0 Å². The van der Waals surface area contributed by atoms with E-state index < -0.39 is 0 Å². The van der Waals surface area contributed by atoms with E-state index in [1.165, 1.54) is 4.90 Å². The summed E-state index contributed by atoms with van der Waals surface area (Å²) in [5, 5.41) is 0.608. The number of Topliss-reactive ketones (excluding diaryl/α,β-unsaturated/α-hetero) is 1. The van der Waals surface area contributed by atoms with E-state index in [1.54, 1.807) is 41.3 Å². The smallest absolute Gasteiger partial charge is 0.312 e. The lowest BCUT2D eigenvalue weighted by Gasteiger charge is -2.35. The van der Waals surface area contributed by atoms with E-state index in [0.717, 1.165) is 12.8 Å². The molecule has 2 heterocycles. The monoisotopic (exact) mass is 411 g/mol. The maximum absolute atomic E-state index is 12.8. The maximum atomic E-state index is 12.8. The Morgan fingerprint density at radius 2 is 1.62 bits per heavy atom. The highest BCUT2D eigenvalue weighted by molar-refractivity contribution is 6.30. The van der Waals surface area contributed by atoms with Gasteiger partial charge in [-0.05, 0) is 49.2 Å². The van der Waals surface area contributed by atoms with Crippen LogP contribution in [0.2, 0.25) is 5.02 Å². The molecule has 0 aromatic heterocycles. The minimum atomic E-state index is -0.253. The van der Waals surface area contributed by atoms with Crippen molar-refractivity contribution < 1.29 is 14.4 Å². The number of rotatable bonds is 5. The van der Waals surface area contributed by atoms with Crippen molar-refractivity contribution in [2.75, 3.05) is 31.1 Å². The van der Waals surface area contributed by atoms with E-state index in [4.69, 9.17) is 11.6 Å². The zero-order chi connectivity index (χ0) is 20.4. The van der Waals surface area contributed by atoms with E-state index in [9.17, 15) is 14.4 Å². The lowest BCUT2D eigenvalue weighted by atomic mass is 10.0. The van der Waals surface area contributed by atoms with Crippen molar-refractivity contribution in [3.8, 4) is 0 Å². The number of hydrogen-bond donors (Lipinski definition) is 0. The van der Waals surface area contributed by atoms with Crippen LogP contribution in [0.3, 0.4) is 0 Å². The molecule has 0 N–H and O–H groups in total. The number of halogens is 1. The van der Waals surface area contributed by atoms with E-state index in [0.29, 0.717) is 35.9 Å². The van der Waals surface area contributed by atoms with Crippen LogP contribution in [0, 0.1) is 0 Å². The molecule has 0 aliphatic carbocycles. The van der Waals surface area contributed by atoms with Crippen molar-refractivity contribution >= 4 is 35.0 Å². The van der Waals surface area contributed by atoms with Crippen LogP contribution in [-0.4, -0.2) is 59.7 Å². The predicted octanol–water partition coefficient (Wildman–Crippen LogP) is 3.46. The summed E-state index contributed by atoms with van der Waals surface area (Å²) in [6.45, 7) is 1.89. The summed E-state index contributed by atoms with van der Waals surface area (Å²) in [7, 11) is 0. The van der Waals surface area contributed by atoms with E-state index in [-0.39, 0.29) is 30.3 Å². The minimum absolute atomic E-state index is 0.0158.